The smallest absolute Gasteiger partial charge is 0.174 e. The van der Waals surface area contributed by atoms with E-state index in [0.29, 0.717) is 12.3 Å². The van der Waals surface area contributed by atoms with Crippen LogP contribution in [0.25, 0.3) is 0 Å². The highest BCUT2D eigenvalue weighted by Crippen LogP contribution is 2.43. The zero-order valence-corrected chi connectivity index (χ0v) is 21.3. The highest BCUT2D eigenvalue weighted by molar-refractivity contribution is 5.49. The highest BCUT2D eigenvalue weighted by Gasteiger charge is 2.30. The zero-order chi connectivity index (χ0) is 23.3. The van der Waals surface area contributed by atoms with Crippen molar-refractivity contribution in [2.45, 2.75) is 118 Å². The summed E-state index contributed by atoms with van der Waals surface area (Å²) in [5, 5.41) is 0. The topological polar surface area (TPSA) is 0 Å². The summed E-state index contributed by atoms with van der Waals surface area (Å²) in [5.41, 5.74) is 9.09. The van der Waals surface area contributed by atoms with Gasteiger partial charge < -0.3 is 0 Å². The molecule has 0 atom stereocenters. The van der Waals surface area contributed by atoms with Gasteiger partial charge in [0.15, 0.2) is 0 Å². The summed E-state index contributed by atoms with van der Waals surface area (Å²) >= 11 is 0. The Balaban J connectivity index is 1.36. The number of halogens is 2. The van der Waals surface area contributed by atoms with E-state index in [-0.39, 0.29) is 0 Å². The van der Waals surface area contributed by atoms with Crippen molar-refractivity contribution < 1.29 is 8.78 Å². The maximum atomic E-state index is 12.3. The minimum Gasteiger partial charge on any atom is -0.174 e. The maximum absolute atomic E-state index is 12.3. The van der Waals surface area contributed by atoms with Gasteiger partial charge in [-0.25, -0.2) is 0 Å². The van der Waals surface area contributed by atoms with Gasteiger partial charge in [0.1, 0.15) is 0 Å². The van der Waals surface area contributed by atoms with Crippen LogP contribution in [0.3, 0.4) is 0 Å². The Bertz CT molecular complexity index is 742. The van der Waals surface area contributed by atoms with Gasteiger partial charge in [0, 0.05) is 0 Å². The largest absolute Gasteiger partial charge is 0.266 e. The van der Waals surface area contributed by atoms with Crippen LogP contribution in [-0.2, 0) is 6.42 Å². The van der Waals surface area contributed by atoms with Crippen LogP contribution in [0, 0.1) is 58.3 Å². The van der Waals surface area contributed by atoms with Gasteiger partial charge in [-0.3, -0.25) is 0 Å². The third-order valence-electron chi connectivity index (χ3n) is 9.50. The summed E-state index contributed by atoms with van der Waals surface area (Å²) in [6.07, 6.45) is 16.1. The van der Waals surface area contributed by atoms with Gasteiger partial charge in [-0.05, 0) is 156 Å². The molecule has 0 bridgehead atoms. The molecule has 2 heteroatoms. The van der Waals surface area contributed by atoms with Gasteiger partial charge in [-0.1, -0.05) is 25.7 Å². The van der Waals surface area contributed by atoms with E-state index in [1.807, 2.05) is 0 Å². The molecule has 1 aromatic rings. The van der Waals surface area contributed by atoms with Crippen LogP contribution in [0.4, 0.5) is 8.78 Å². The Morgan fingerprint density at radius 2 is 1.12 bits per heavy atom. The van der Waals surface area contributed by atoms with Crippen LogP contribution in [-0.4, -0.2) is 0 Å². The molecule has 0 radical (unpaired) electrons. The fourth-order valence-electron chi connectivity index (χ4n) is 6.79. The second-order valence-corrected chi connectivity index (χ2v) is 11.1. The second kappa shape index (κ2) is 11.8. The summed E-state index contributed by atoms with van der Waals surface area (Å²) < 4.78 is 24.7. The van der Waals surface area contributed by atoms with Crippen molar-refractivity contribution in [3.63, 3.8) is 0 Å². The molecule has 0 aromatic heterocycles. The lowest BCUT2D eigenvalue weighted by atomic mass is 9.68. The average molecular weight is 445 g/mol. The monoisotopic (exact) mass is 444 g/mol. The molecule has 0 heterocycles. The predicted molar refractivity (Wildman–Crippen MR) is 133 cm³/mol. The van der Waals surface area contributed by atoms with E-state index in [9.17, 15) is 8.78 Å². The lowest BCUT2D eigenvalue weighted by Crippen LogP contribution is -2.25. The molecule has 0 spiro atoms. The Kier molecular flexibility index (Phi) is 9.38. The van der Waals surface area contributed by atoms with Crippen LogP contribution in [0.1, 0.15) is 110 Å². The van der Waals surface area contributed by atoms with E-state index in [1.54, 1.807) is 5.56 Å². The first-order valence-electron chi connectivity index (χ1n) is 13.3. The Labute approximate surface area is 196 Å². The normalized spacial score (nSPS) is 26.2. The molecular weight excluding hydrogens is 398 g/mol. The third kappa shape index (κ3) is 6.45. The van der Waals surface area contributed by atoms with Crippen LogP contribution >= 0.6 is 0 Å². The van der Waals surface area contributed by atoms with Crippen LogP contribution in [0.2, 0.25) is 0 Å². The standard InChI is InChI=1S/C30H46F2/c1-20-21(2)23(4)29(24(5)22(20)3)9-7-6-8-25-10-15-27(16-11-25)28-17-12-26(13-18-28)14-19-30(31)32/h19,25-28H,6-18H2,1-5H3. The van der Waals surface area contributed by atoms with Gasteiger partial charge in [-0.15, -0.1) is 0 Å². The Morgan fingerprint density at radius 1 is 0.656 bits per heavy atom. The van der Waals surface area contributed by atoms with E-state index >= 15 is 0 Å². The first kappa shape index (κ1) is 25.4. The van der Waals surface area contributed by atoms with Crippen LogP contribution in [0.5, 0.6) is 0 Å². The molecule has 0 saturated heterocycles. The highest BCUT2D eigenvalue weighted by atomic mass is 19.3. The van der Waals surface area contributed by atoms with Crippen molar-refractivity contribution in [2.24, 2.45) is 23.7 Å². The van der Waals surface area contributed by atoms with Gasteiger partial charge in [0.2, 0.25) is 0 Å². The van der Waals surface area contributed by atoms with E-state index in [1.165, 1.54) is 92.0 Å². The molecule has 32 heavy (non-hydrogen) atoms. The molecule has 0 nitrogen and oxygen atoms in total. The van der Waals surface area contributed by atoms with Gasteiger partial charge in [-0.2, -0.15) is 8.78 Å². The van der Waals surface area contributed by atoms with Crippen molar-refractivity contribution in [1.82, 2.24) is 0 Å². The van der Waals surface area contributed by atoms with Crippen molar-refractivity contribution in [3.8, 4) is 0 Å². The number of unbranched alkanes of at least 4 members (excludes halogenated alkanes) is 1. The number of hydrogen-bond acceptors (Lipinski definition) is 0. The second-order valence-electron chi connectivity index (χ2n) is 11.1. The summed E-state index contributed by atoms with van der Waals surface area (Å²) in [5.74, 6) is 3.20. The first-order valence-corrected chi connectivity index (χ1v) is 13.3. The van der Waals surface area contributed by atoms with Crippen LogP contribution < -0.4 is 0 Å². The molecule has 2 saturated carbocycles. The molecular formula is C30H46F2. The molecule has 3 rings (SSSR count). The fraction of sp³-hybridized carbons (Fsp3) is 0.733. The zero-order valence-electron chi connectivity index (χ0n) is 21.3. The lowest BCUT2D eigenvalue weighted by Gasteiger charge is -2.37. The molecule has 2 aliphatic carbocycles. The SMILES string of the molecule is Cc1c(C)c(C)c(CCCCC2CCC(C3CCC(CC=C(F)F)CC3)CC2)c(C)c1C. The maximum Gasteiger partial charge on any atom is 0.266 e. The molecule has 0 aliphatic heterocycles. The predicted octanol–water partition coefficient (Wildman–Crippen LogP) is 9.72. The summed E-state index contributed by atoms with van der Waals surface area (Å²) in [4.78, 5) is 0. The quantitative estimate of drug-likeness (QED) is 0.350. The van der Waals surface area contributed by atoms with E-state index in [0.717, 1.165) is 36.7 Å². The molecule has 2 fully saturated rings. The molecule has 180 valence electrons. The molecule has 2 aliphatic rings. The van der Waals surface area contributed by atoms with Crippen molar-refractivity contribution >= 4 is 0 Å². The fourth-order valence-corrected chi connectivity index (χ4v) is 6.79. The Hall–Kier alpha value is -1.18. The van der Waals surface area contributed by atoms with E-state index < -0.39 is 6.08 Å². The van der Waals surface area contributed by atoms with Crippen molar-refractivity contribution in [1.29, 1.82) is 0 Å². The van der Waals surface area contributed by atoms with Gasteiger partial charge in [0.05, 0.1) is 0 Å². The van der Waals surface area contributed by atoms with Crippen LogP contribution in [0.15, 0.2) is 12.2 Å². The average Bonchev–Trinajstić information content (AvgIpc) is 2.80. The summed E-state index contributed by atoms with van der Waals surface area (Å²) in [7, 11) is 0. The number of hydrogen-bond donors (Lipinski definition) is 0. The Morgan fingerprint density at radius 3 is 1.62 bits per heavy atom. The molecule has 0 N–H and O–H groups in total. The number of rotatable bonds is 8. The summed E-state index contributed by atoms with van der Waals surface area (Å²) in [6, 6.07) is 0. The van der Waals surface area contributed by atoms with Crippen molar-refractivity contribution in [3.05, 3.63) is 45.5 Å². The van der Waals surface area contributed by atoms with E-state index in [2.05, 4.69) is 34.6 Å². The lowest BCUT2D eigenvalue weighted by molar-refractivity contribution is 0.143. The van der Waals surface area contributed by atoms with Crippen molar-refractivity contribution in [2.75, 3.05) is 0 Å². The number of benzene rings is 1. The summed E-state index contributed by atoms with van der Waals surface area (Å²) in [6.45, 7) is 11.5. The third-order valence-corrected chi connectivity index (χ3v) is 9.50. The van der Waals surface area contributed by atoms with Gasteiger partial charge in [0.25, 0.3) is 6.08 Å². The molecule has 0 amide bonds. The van der Waals surface area contributed by atoms with E-state index in [4.69, 9.17) is 0 Å². The number of allylic oxidation sites excluding steroid dienone is 1. The van der Waals surface area contributed by atoms with Gasteiger partial charge >= 0.3 is 0 Å². The minimum atomic E-state index is -1.50. The first-order chi connectivity index (χ1) is 15.3. The molecule has 1 aromatic carbocycles. The molecule has 0 unspecified atom stereocenters. The minimum absolute atomic E-state index is 0.498.